The normalized spacial score (nSPS) is 11.0. The molecule has 0 fully saturated rings. The van der Waals surface area contributed by atoms with E-state index in [-0.39, 0.29) is 11.8 Å². The highest BCUT2D eigenvalue weighted by Gasteiger charge is 2.30. The van der Waals surface area contributed by atoms with Crippen LogP contribution in [0.1, 0.15) is 37.5 Å². The summed E-state index contributed by atoms with van der Waals surface area (Å²) < 4.78 is 20.2. The lowest BCUT2D eigenvalue weighted by Crippen LogP contribution is -2.30. The number of rotatable bonds is 7. The van der Waals surface area contributed by atoms with E-state index in [4.69, 9.17) is 4.74 Å². The number of aryl methyl sites for hydroxylation is 2. The van der Waals surface area contributed by atoms with Crippen molar-refractivity contribution >= 4 is 11.6 Å². The van der Waals surface area contributed by atoms with Gasteiger partial charge >= 0.3 is 5.97 Å². The van der Waals surface area contributed by atoms with E-state index in [9.17, 15) is 9.18 Å². The molecule has 0 bridgehead atoms. The van der Waals surface area contributed by atoms with Gasteiger partial charge in [0.15, 0.2) is 0 Å². The molecule has 0 aliphatic heterocycles. The van der Waals surface area contributed by atoms with E-state index in [0.717, 1.165) is 52.0 Å². The van der Waals surface area contributed by atoms with Crippen molar-refractivity contribution in [3.63, 3.8) is 0 Å². The number of imidazole rings is 1. The van der Waals surface area contributed by atoms with E-state index in [1.165, 1.54) is 24.8 Å². The Balaban J connectivity index is 0.00000118. The molecule has 0 amide bonds. The number of benzene rings is 3. The van der Waals surface area contributed by atoms with Crippen LogP contribution in [0.15, 0.2) is 110 Å². The lowest BCUT2D eigenvalue weighted by molar-refractivity contribution is -0.146. The van der Waals surface area contributed by atoms with Crippen LogP contribution in [0.4, 0.5) is 4.39 Å². The van der Waals surface area contributed by atoms with Gasteiger partial charge in [-0.3, -0.25) is 9.20 Å². The van der Waals surface area contributed by atoms with Crippen LogP contribution in [0.3, 0.4) is 0 Å². The summed E-state index contributed by atoms with van der Waals surface area (Å²) in [6.07, 6.45) is 7.43. The predicted octanol–water partition coefficient (Wildman–Crippen LogP) is 8.24. The second kappa shape index (κ2) is 12.6. The molecule has 0 saturated heterocycles. The Hall–Kier alpha value is -4.51. The van der Waals surface area contributed by atoms with Gasteiger partial charge in [-0.25, -0.2) is 9.37 Å². The maximum absolute atomic E-state index is 13.2. The molecule has 4 nitrogen and oxygen atoms in total. The molecule has 0 aliphatic rings. The number of carbonyl (C=O) groups is 1. The molecule has 0 atom stereocenters. The van der Waals surface area contributed by atoms with E-state index in [1.54, 1.807) is 6.08 Å². The first-order valence-corrected chi connectivity index (χ1v) is 13.3. The Morgan fingerprint density at radius 2 is 1.60 bits per heavy atom. The quantitative estimate of drug-likeness (QED) is 0.156. The maximum Gasteiger partial charge on any atom is 0.315 e. The zero-order valence-electron chi connectivity index (χ0n) is 23.5. The summed E-state index contributed by atoms with van der Waals surface area (Å²) in [6, 6.07) is 27.4. The number of hydrogen-bond donors (Lipinski definition) is 0. The smallest absolute Gasteiger partial charge is 0.315 e. The highest BCUT2D eigenvalue weighted by Crippen LogP contribution is 2.29. The summed E-state index contributed by atoms with van der Waals surface area (Å²) in [6.45, 7) is 8.98. The van der Waals surface area contributed by atoms with Crippen molar-refractivity contribution < 1.29 is 13.9 Å². The fraction of sp³-hybridized carbons (Fsp3) is 0.200. The number of esters is 1. The van der Waals surface area contributed by atoms with Gasteiger partial charge in [-0.15, -0.1) is 6.58 Å². The lowest BCUT2D eigenvalue weighted by Gasteiger charge is -2.22. The predicted molar refractivity (Wildman–Crippen MR) is 161 cm³/mol. The van der Waals surface area contributed by atoms with Gasteiger partial charge < -0.3 is 4.74 Å². The lowest BCUT2D eigenvalue weighted by atomic mass is 9.84. The largest absolute Gasteiger partial charge is 0.468 e. The molecule has 0 aliphatic carbocycles. The minimum absolute atomic E-state index is 0.207. The van der Waals surface area contributed by atoms with Crippen LogP contribution in [-0.2, 0) is 27.8 Å². The molecular formula is C35H35FN2O2. The molecule has 0 saturated carbocycles. The van der Waals surface area contributed by atoms with Gasteiger partial charge in [0.25, 0.3) is 0 Å². The first-order valence-electron chi connectivity index (χ1n) is 13.3. The monoisotopic (exact) mass is 534 g/mol. The first-order chi connectivity index (χ1) is 19.3. The second-order valence-electron chi connectivity index (χ2n) is 10.2. The molecular weight excluding hydrogens is 499 g/mol. The maximum atomic E-state index is 13.2. The van der Waals surface area contributed by atoms with E-state index >= 15 is 0 Å². The third-order valence-electron chi connectivity index (χ3n) is 6.99. The van der Waals surface area contributed by atoms with Crippen LogP contribution >= 0.6 is 0 Å². The van der Waals surface area contributed by atoms with Crippen molar-refractivity contribution in [3.05, 3.63) is 132 Å². The van der Waals surface area contributed by atoms with Gasteiger partial charge in [0.1, 0.15) is 11.5 Å². The summed E-state index contributed by atoms with van der Waals surface area (Å²) in [7, 11) is 1.41. The number of ether oxygens (including phenoxy) is 1. The fourth-order valence-electron chi connectivity index (χ4n) is 4.65. The van der Waals surface area contributed by atoms with Gasteiger partial charge in [0, 0.05) is 11.8 Å². The minimum atomic E-state index is -0.706. The van der Waals surface area contributed by atoms with Crippen LogP contribution in [0.5, 0.6) is 0 Å². The molecule has 5 aromatic rings. The number of carbonyl (C=O) groups excluding carboxylic acids is 1. The number of fused-ring (bicyclic) bond motifs is 1. The summed E-state index contributed by atoms with van der Waals surface area (Å²) in [5.41, 5.74) is 7.66. The Kier molecular flexibility index (Phi) is 8.95. The zero-order chi connectivity index (χ0) is 28.7. The summed E-state index contributed by atoms with van der Waals surface area (Å²) in [5.74, 6) is -0.466. The number of allylic oxidation sites excluding steroid dienone is 1. The van der Waals surface area contributed by atoms with Gasteiger partial charge in [-0.2, -0.15) is 0 Å². The highest BCUT2D eigenvalue weighted by atomic mass is 19.1. The van der Waals surface area contributed by atoms with Crippen LogP contribution in [-0.4, -0.2) is 22.5 Å². The Bertz CT molecular complexity index is 1600. The topological polar surface area (TPSA) is 43.6 Å². The molecule has 2 heterocycles. The molecule has 0 unspecified atom stereocenters. The molecule has 3 aromatic carbocycles. The summed E-state index contributed by atoms with van der Waals surface area (Å²) in [4.78, 5) is 16.8. The molecule has 5 heteroatoms. The molecule has 2 aromatic heterocycles. The van der Waals surface area contributed by atoms with E-state index in [0.29, 0.717) is 0 Å². The number of nitrogens with zero attached hydrogens (tertiary/aromatic N) is 2. The molecule has 5 rings (SSSR count). The van der Waals surface area contributed by atoms with Gasteiger partial charge in [-0.05, 0) is 91.8 Å². The molecule has 40 heavy (non-hydrogen) atoms. The van der Waals surface area contributed by atoms with Gasteiger partial charge in [0.05, 0.1) is 24.4 Å². The molecule has 204 valence electrons. The van der Waals surface area contributed by atoms with Crippen molar-refractivity contribution in [2.75, 3.05) is 7.11 Å². The average Bonchev–Trinajstić information content (AvgIpc) is 3.40. The van der Waals surface area contributed by atoms with E-state index < -0.39 is 5.41 Å². The van der Waals surface area contributed by atoms with Crippen molar-refractivity contribution in [2.45, 2.75) is 39.0 Å². The summed E-state index contributed by atoms with van der Waals surface area (Å²) >= 11 is 0. The Morgan fingerprint density at radius 1 is 0.925 bits per heavy atom. The van der Waals surface area contributed by atoms with Crippen molar-refractivity contribution in [1.29, 1.82) is 0 Å². The number of halogens is 1. The minimum Gasteiger partial charge on any atom is -0.468 e. The van der Waals surface area contributed by atoms with Crippen LogP contribution < -0.4 is 0 Å². The number of pyridine rings is 1. The zero-order valence-corrected chi connectivity index (χ0v) is 23.5. The second-order valence-corrected chi connectivity index (χ2v) is 10.2. The third kappa shape index (κ3) is 6.37. The average molecular weight is 535 g/mol. The van der Waals surface area contributed by atoms with Crippen molar-refractivity contribution in [1.82, 2.24) is 9.38 Å². The standard InChI is InChI=1S/C32H29FN2O2.C3H6/c1-32(2,31(36)37-3)27-13-11-24(12-14-27)25-17-18-35-29(21-34-30(35)20-25)26-6-4-5-23(19-26)8-7-22-9-15-28(33)16-10-22;1-3-2/h4-6,9-21H,7-8H2,1-3H3;3H,1H2,2H3. The van der Waals surface area contributed by atoms with Crippen LogP contribution in [0.25, 0.3) is 28.0 Å². The van der Waals surface area contributed by atoms with E-state index in [2.05, 4.69) is 52.4 Å². The fourth-order valence-corrected chi connectivity index (χ4v) is 4.65. The Morgan fingerprint density at radius 3 is 2.27 bits per heavy atom. The third-order valence-corrected chi connectivity index (χ3v) is 6.99. The van der Waals surface area contributed by atoms with Gasteiger partial charge in [0.2, 0.25) is 0 Å². The SMILES string of the molecule is C=CC.COC(=O)C(C)(C)c1ccc(-c2ccn3c(-c4cccc(CCc5ccc(F)cc5)c4)cnc3c2)cc1. The number of hydrogen-bond acceptors (Lipinski definition) is 3. The van der Waals surface area contributed by atoms with E-state index in [1.807, 2.05) is 69.6 Å². The highest BCUT2D eigenvalue weighted by molar-refractivity contribution is 5.82. The molecule has 0 N–H and O–H groups in total. The molecule has 0 radical (unpaired) electrons. The summed E-state index contributed by atoms with van der Waals surface area (Å²) in [5, 5.41) is 0. The number of methoxy groups -OCH3 is 1. The van der Waals surface area contributed by atoms with Crippen molar-refractivity contribution in [3.8, 4) is 22.4 Å². The number of aromatic nitrogens is 2. The van der Waals surface area contributed by atoms with Crippen molar-refractivity contribution in [2.24, 2.45) is 0 Å². The van der Waals surface area contributed by atoms with Crippen LogP contribution in [0, 0.1) is 5.82 Å². The Labute approximate surface area is 235 Å². The molecule has 0 spiro atoms. The van der Waals surface area contributed by atoms with Gasteiger partial charge in [-0.1, -0.05) is 60.7 Å². The first kappa shape index (κ1) is 28.5. The van der Waals surface area contributed by atoms with Crippen LogP contribution in [0.2, 0.25) is 0 Å².